The summed E-state index contributed by atoms with van der Waals surface area (Å²) in [5, 5.41) is 3.44. The van der Waals surface area contributed by atoms with Crippen molar-refractivity contribution in [2.24, 2.45) is 0 Å². The van der Waals surface area contributed by atoms with E-state index < -0.39 is 0 Å². The van der Waals surface area contributed by atoms with Crippen LogP contribution in [-0.4, -0.2) is 45.2 Å². The smallest absolute Gasteiger partial charge is 0.127 e. The van der Waals surface area contributed by atoms with Crippen molar-refractivity contribution in [3.05, 3.63) is 23.8 Å². The number of ether oxygens (including phenoxy) is 4. The van der Waals surface area contributed by atoms with Gasteiger partial charge in [0.25, 0.3) is 0 Å². The van der Waals surface area contributed by atoms with E-state index in [1.54, 1.807) is 0 Å². The van der Waals surface area contributed by atoms with Crippen molar-refractivity contribution >= 4 is 0 Å². The molecule has 0 aliphatic carbocycles. The lowest BCUT2D eigenvalue weighted by molar-refractivity contribution is 0.0652. The van der Waals surface area contributed by atoms with Crippen LogP contribution in [0.3, 0.4) is 0 Å². The molecule has 2 unspecified atom stereocenters. The average Bonchev–Trinajstić information content (AvgIpc) is 3.33. The van der Waals surface area contributed by atoms with E-state index in [1.165, 1.54) is 0 Å². The van der Waals surface area contributed by atoms with Crippen LogP contribution in [0, 0.1) is 0 Å². The predicted octanol–water partition coefficient (Wildman–Crippen LogP) is 3.30. The monoisotopic (exact) mass is 349 g/mol. The molecule has 1 N–H and O–H groups in total. The molecule has 2 aliphatic rings. The number of nitrogens with one attached hydrogen (secondary N) is 1. The van der Waals surface area contributed by atoms with Gasteiger partial charge in [-0.15, -0.1) is 0 Å². The fourth-order valence-electron chi connectivity index (χ4n) is 3.23. The van der Waals surface area contributed by atoms with E-state index in [0.29, 0.717) is 13.2 Å². The van der Waals surface area contributed by atoms with Crippen LogP contribution in [0.15, 0.2) is 18.2 Å². The summed E-state index contributed by atoms with van der Waals surface area (Å²) in [5.74, 6) is 1.74. The Morgan fingerprint density at radius 3 is 2.40 bits per heavy atom. The highest BCUT2D eigenvalue weighted by Gasteiger charge is 2.18. The van der Waals surface area contributed by atoms with Crippen LogP contribution in [0.25, 0.3) is 0 Å². The summed E-state index contributed by atoms with van der Waals surface area (Å²) < 4.78 is 23.3. The quantitative estimate of drug-likeness (QED) is 0.657. The first kappa shape index (κ1) is 18.5. The summed E-state index contributed by atoms with van der Waals surface area (Å²) in [7, 11) is 0. The number of hydrogen-bond donors (Lipinski definition) is 1. The van der Waals surface area contributed by atoms with E-state index in [1.807, 2.05) is 12.1 Å². The zero-order chi connectivity index (χ0) is 17.3. The molecule has 0 bridgehead atoms. The molecule has 0 amide bonds. The maximum Gasteiger partial charge on any atom is 0.127 e. The Balaban J connectivity index is 1.59. The van der Waals surface area contributed by atoms with Crippen LogP contribution in [0.5, 0.6) is 11.5 Å². The molecule has 140 valence electrons. The van der Waals surface area contributed by atoms with Gasteiger partial charge < -0.3 is 24.3 Å². The zero-order valence-electron chi connectivity index (χ0n) is 15.3. The standard InChI is InChI=1S/C20H31NO4/c1-2-9-21-13-16-7-8-17(24-14-18-5-3-10-22-18)12-20(16)25-15-19-6-4-11-23-19/h7-8,12,18-19,21H,2-6,9-11,13-15H2,1H3. The Labute approximate surface area is 151 Å². The first-order valence-electron chi connectivity index (χ1n) is 9.67. The molecule has 2 atom stereocenters. The van der Waals surface area contributed by atoms with Gasteiger partial charge in [-0.2, -0.15) is 0 Å². The van der Waals surface area contributed by atoms with Crippen LogP contribution in [0.1, 0.15) is 44.6 Å². The molecule has 0 radical (unpaired) electrons. The van der Waals surface area contributed by atoms with Gasteiger partial charge in [-0.25, -0.2) is 0 Å². The summed E-state index contributed by atoms with van der Waals surface area (Å²) in [5.41, 5.74) is 1.16. The van der Waals surface area contributed by atoms with Crippen LogP contribution >= 0.6 is 0 Å². The molecule has 2 aliphatic heterocycles. The lowest BCUT2D eigenvalue weighted by Crippen LogP contribution is -2.19. The van der Waals surface area contributed by atoms with E-state index in [-0.39, 0.29) is 12.2 Å². The molecule has 1 aromatic carbocycles. The Bertz CT molecular complexity index is 510. The molecule has 0 saturated carbocycles. The topological polar surface area (TPSA) is 49.0 Å². The minimum atomic E-state index is 0.216. The molecule has 5 heteroatoms. The molecule has 2 saturated heterocycles. The van der Waals surface area contributed by atoms with E-state index in [0.717, 1.165) is 75.5 Å². The van der Waals surface area contributed by atoms with Gasteiger partial charge in [0.15, 0.2) is 0 Å². The zero-order valence-corrected chi connectivity index (χ0v) is 15.3. The van der Waals surface area contributed by atoms with E-state index >= 15 is 0 Å². The van der Waals surface area contributed by atoms with Crippen molar-refractivity contribution in [1.29, 1.82) is 0 Å². The van der Waals surface area contributed by atoms with Crippen molar-refractivity contribution in [3.63, 3.8) is 0 Å². The first-order valence-corrected chi connectivity index (χ1v) is 9.67. The summed E-state index contributed by atoms with van der Waals surface area (Å²) >= 11 is 0. The highest BCUT2D eigenvalue weighted by atomic mass is 16.5. The second kappa shape index (κ2) is 10.00. The maximum atomic E-state index is 6.09. The van der Waals surface area contributed by atoms with Crippen molar-refractivity contribution in [3.8, 4) is 11.5 Å². The van der Waals surface area contributed by atoms with Gasteiger partial charge >= 0.3 is 0 Å². The third-order valence-corrected chi connectivity index (χ3v) is 4.69. The molecule has 0 spiro atoms. The maximum absolute atomic E-state index is 6.09. The van der Waals surface area contributed by atoms with Crippen LogP contribution in [0.2, 0.25) is 0 Å². The highest BCUT2D eigenvalue weighted by molar-refractivity contribution is 5.40. The Morgan fingerprint density at radius 2 is 1.76 bits per heavy atom. The molecular formula is C20H31NO4. The fraction of sp³-hybridized carbons (Fsp3) is 0.700. The fourth-order valence-corrected chi connectivity index (χ4v) is 3.23. The molecule has 5 nitrogen and oxygen atoms in total. The van der Waals surface area contributed by atoms with Crippen LogP contribution in [0.4, 0.5) is 0 Å². The molecule has 2 fully saturated rings. The molecular weight excluding hydrogens is 318 g/mol. The average molecular weight is 349 g/mol. The number of rotatable bonds is 10. The summed E-state index contributed by atoms with van der Waals surface area (Å²) in [6, 6.07) is 6.13. The lowest BCUT2D eigenvalue weighted by atomic mass is 10.1. The van der Waals surface area contributed by atoms with Crippen molar-refractivity contribution in [2.75, 3.05) is 33.0 Å². The largest absolute Gasteiger partial charge is 0.491 e. The van der Waals surface area contributed by atoms with Gasteiger partial charge in [0.05, 0.1) is 12.2 Å². The normalized spacial score (nSPS) is 23.1. The first-order chi connectivity index (χ1) is 12.3. The Kier molecular flexibility index (Phi) is 7.39. The van der Waals surface area contributed by atoms with Gasteiger partial charge in [-0.05, 0) is 44.7 Å². The number of hydrogen-bond acceptors (Lipinski definition) is 5. The van der Waals surface area contributed by atoms with Gasteiger partial charge in [0, 0.05) is 31.4 Å². The lowest BCUT2D eigenvalue weighted by Gasteiger charge is -2.17. The van der Waals surface area contributed by atoms with Crippen molar-refractivity contribution in [2.45, 2.75) is 57.8 Å². The Morgan fingerprint density at radius 1 is 1.04 bits per heavy atom. The number of benzene rings is 1. The third-order valence-electron chi connectivity index (χ3n) is 4.69. The minimum Gasteiger partial charge on any atom is -0.491 e. The van der Waals surface area contributed by atoms with Gasteiger partial charge in [0.1, 0.15) is 24.7 Å². The Hall–Kier alpha value is -1.30. The van der Waals surface area contributed by atoms with Crippen LogP contribution in [-0.2, 0) is 16.0 Å². The second-order valence-electron chi connectivity index (χ2n) is 6.84. The van der Waals surface area contributed by atoms with Gasteiger partial charge in [-0.3, -0.25) is 0 Å². The SMILES string of the molecule is CCCNCc1ccc(OCC2CCCO2)cc1OCC1CCCO1. The summed E-state index contributed by atoms with van der Waals surface area (Å²) in [6.07, 6.45) is 5.99. The highest BCUT2D eigenvalue weighted by Crippen LogP contribution is 2.27. The van der Waals surface area contributed by atoms with E-state index in [2.05, 4.69) is 18.3 Å². The molecule has 2 heterocycles. The van der Waals surface area contributed by atoms with Gasteiger partial charge in [0.2, 0.25) is 0 Å². The van der Waals surface area contributed by atoms with E-state index in [4.69, 9.17) is 18.9 Å². The molecule has 3 rings (SSSR count). The third kappa shape index (κ3) is 5.87. The minimum absolute atomic E-state index is 0.216. The summed E-state index contributed by atoms with van der Waals surface area (Å²) in [6.45, 7) is 6.90. The summed E-state index contributed by atoms with van der Waals surface area (Å²) in [4.78, 5) is 0. The second-order valence-corrected chi connectivity index (χ2v) is 6.84. The van der Waals surface area contributed by atoms with Gasteiger partial charge in [-0.1, -0.05) is 13.0 Å². The van der Waals surface area contributed by atoms with Crippen molar-refractivity contribution < 1.29 is 18.9 Å². The molecule has 1 aromatic rings. The predicted molar refractivity (Wildman–Crippen MR) is 97.4 cm³/mol. The van der Waals surface area contributed by atoms with E-state index in [9.17, 15) is 0 Å². The van der Waals surface area contributed by atoms with Crippen LogP contribution < -0.4 is 14.8 Å². The molecule has 0 aromatic heterocycles. The molecule has 25 heavy (non-hydrogen) atoms. The van der Waals surface area contributed by atoms with Crippen molar-refractivity contribution in [1.82, 2.24) is 5.32 Å².